The van der Waals surface area contributed by atoms with E-state index in [1.165, 1.54) is 5.56 Å². The van der Waals surface area contributed by atoms with Crippen LogP contribution < -0.4 is 0 Å². The van der Waals surface area contributed by atoms with E-state index in [-0.39, 0.29) is 0 Å². The van der Waals surface area contributed by atoms with Crippen LogP contribution in [0, 0.1) is 20.8 Å². The van der Waals surface area contributed by atoms with E-state index in [2.05, 4.69) is 43.8 Å². The molecule has 0 aromatic carbocycles. The Morgan fingerprint density at radius 3 is 2.24 bits per heavy atom. The van der Waals surface area contributed by atoms with Gasteiger partial charge >= 0.3 is 0 Å². The zero-order valence-electron chi connectivity index (χ0n) is 12.0. The Morgan fingerprint density at radius 2 is 1.71 bits per heavy atom. The summed E-state index contributed by atoms with van der Waals surface area (Å²) in [5.41, 5.74) is 5.57. The molecule has 2 aromatic heterocycles. The number of fused-ring (bicyclic) bond motifs is 1. The van der Waals surface area contributed by atoms with E-state index in [4.69, 9.17) is 0 Å². The summed E-state index contributed by atoms with van der Waals surface area (Å²) in [6.07, 6.45) is 0. The van der Waals surface area contributed by atoms with Gasteiger partial charge in [-0.15, -0.1) is 0 Å². The topological polar surface area (TPSA) is 30.2 Å². The first-order valence-corrected chi connectivity index (χ1v) is 6.34. The van der Waals surface area contributed by atoms with Crippen LogP contribution in [0.2, 0.25) is 0 Å². The fourth-order valence-corrected chi connectivity index (χ4v) is 2.12. The van der Waals surface area contributed by atoms with Gasteiger partial charge in [0.15, 0.2) is 5.65 Å². The van der Waals surface area contributed by atoms with Crippen molar-refractivity contribution in [2.24, 2.45) is 0 Å². The van der Waals surface area contributed by atoms with E-state index >= 15 is 0 Å². The van der Waals surface area contributed by atoms with Gasteiger partial charge in [-0.1, -0.05) is 27.7 Å². The molecule has 0 saturated carbocycles. The van der Waals surface area contributed by atoms with Gasteiger partial charge in [-0.3, -0.25) is 0 Å². The second-order valence-corrected chi connectivity index (χ2v) is 4.43. The maximum absolute atomic E-state index is 4.58. The molecule has 0 amide bonds. The molecule has 2 aromatic rings. The van der Waals surface area contributed by atoms with Crippen LogP contribution in [-0.4, -0.2) is 14.6 Å². The summed E-state index contributed by atoms with van der Waals surface area (Å²) in [6.45, 7) is 14.5. The average Bonchev–Trinajstić information content (AvgIpc) is 2.58. The molecule has 0 unspecified atom stereocenters. The molecule has 0 radical (unpaired) electrons. The molecule has 2 rings (SSSR count). The van der Waals surface area contributed by atoms with E-state index in [1.807, 2.05) is 25.3 Å². The smallest absolute Gasteiger partial charge is 0.159 e. The van der Waals surface area contributed by atoms with Gasteiger partial charge < -0.3 is 0 Å². The Kier molecular flexibility index (Phi) is 4.27. The Bertz CT molecular complexity index is 510. The molecule has 3 heteroatoms. The van der Waals surface area contributed by atoms with E-state index in [0.29, 0.717) is 5.92 Å². The van der Waals surface area contributed by atoms with E-state index in [1.54, 1.807) is 0 Å². The van der Waals surface area contributed by atoms with E-state index in [0.717, 1.165) is 22.7 Å². The second kappa shape index (κ2) is 5.30. The molecule has 0 spiro atoms. The van der Waals surface area contributed by atoms with Crippen LogP contribution in [0.15, 0.2) is 6.07 Å². The van der Waals surface area contributed by atoms with Crippen molar-refractivity contribution in [1.29, 1.82) is 0 Å². The summed E-state index contributed by atoms with van der Waals surface area (Å²) in [6, 6.07) is 2.06. The van der Waals surface area contributed by atoms with Crippen molar-refractivity contribution in [3.8, 4) is 0 Å². The van der Waals surface area contributed by atoms with E-state index < -0.39 is 0 Å². The van der Waals surface area contributed by atoms with Crippen LogP contribution in [0.3, 0.4) is 0 Å². The van der Waals surface area contributed by atoms with Crippen molar-refractivity contribution in [2.75, 3.05) is 0 Å². The van der Waals surface area contributed by atoms with Crippen molar-refractivity contribution in [3.63, 3.8) is 0 Å². The third-order valence-corrected chi connectivity index (χ3v) is 2.69. The number of hydrogen-bond acceptors (Lipinski definition) is 2. The SMILES string of the molecule is CC.Cc1cc(C)n2nc(C)c(C(C)C)c2n1. The van der Waals surface area contributed by atoms with Gasteiger partial charge in [0.05, 0.1) is 5.69 Å². The van der Waals surface area contributed by atoms with Gasteiger partial charge in [-0.25, -0.2) is 9.50 Å². The molecule has 0 aliphatic rings. The quantitative estimate of drug-likeness (QED) is 0.750. The van der Waals surface area contributed by atoms with Gasteiger partial charge in [0.1, 0.15) is 0 Å². The van der Waals surface area contributed by atoms with Crippen molar-refractivity contribution >= 4 is 5.65 Å². The minimum Gasteiger partial charge on any atom is -0.234 e. The van der Waals surface area contributed by atoms with Gasteiger partial charge in [-0.05, 0) is 32.8 Å². The normalized spacial score (nSPS) is 10.6. The molecular formula is C14H23N3. The minimum absolute atomic E-state index is 0.469. The van der Waals surface area contributed by atoms with Crippen LogP contribution in [0.1, 0.15) is 56.3 Å². The summed E-state index contributed by atoms with van der Waals surface area (Å²) in [4.78, 5) is 4.58. The zero-order chi connectivity index (χ0) is 13.2. The summed E-state index contributed by atoms with van der Waals surface area (Å²) in [7, 11) is 0. The van der Waals surface area contributed by atoms with E-state index in [9.17, 15) is 0 Å². The fourth-order valence-electron chi connectivity index (χ4n) is 2.12. The first-order chi connectivity index (χ1) is 8.00. The summed E-state index contributed by atoms with van der Waals surface area (Å²) in [5, 5.41) is 4.53. The predicted molar refractivity (Wildman–Crippen MR) is 72.6 cm³/mol. The Hall–Kier alpha value is -1.38. The molecule has 2 heterocycles. The lowest BCUT2D eigenvalue weighted by molar-refractivity contribution is 0.860. The number of hydrogen-bond donors (Lipinski definition) is 0. The van der Waals surface area contributed by atoms with Gasteiger partial charge in [0, 0.05) is 17.0 Å². The highest BCUT2D eigenvalue weighted by Gasteiger charge is 2.14. The van der Waals surface area contributed by atoms with Gasteiger partial charge in [0.2, 0.25) is 0 Å². The lowest BCUT2D eigenvalue weighted by atomic mass is 10.0. The summed E-state index contributed by atoms with van der Waals surface area (Å²) >= 11 is 0. The predicted octanol–water partition coefficient (Wildman–Crippen LogP) is 3.80. The molecule has 0 fully saturated rings. The maximum Gasteiger partial charge on any atom is 0.159 e. The molecule has 0 aliphatic carbocycles. The number of rotatable bonds is 1. The molecular weight excluding hydrogens is 210 g/mol. The minimum atomic E-state index is 0.469. The lowest BCUT2D eigenvalue weighted by Gasteiger charge is -2.04. The average molecular weight is 233 g/mol. The zero-order valence-corrected chi connectivity index (χ0v) is 12.0. The van der Waals surface area contributed by atoms with Crippen LogP contribution in [0.4, 0.5) is 0 Å². The van der Waals surface area contributed by atoms with Crippen molar-refractivity contribution in [3.05, 3.63) is 28.7 Å². The van der Waals surface area contributed by atoms with Crippen LogP contribution in [0.25, 0.3) is 5.65 Å². The van der Waals surface area contributed by atoms with Crippen LogP contribution >= 0.6 is 0 Å². The number of nitrogens with zero attached hydrogens (tertiary/aromatic N) is 3. The van der Waals surface area contributed by atoms with Gasteiger partial charge in [0.25, 0.3) is 0 Å². The van der Waals surface area contributed by atoms with Crippen LogP contribution in [-0.2, 0) is 0 Å². The Morgan fingerprint density at radius 1 is 1.12 bits per heavy atom. The number of aryl methyl sites for hydroxylation is 3. The summed E-state index contributed by atoms with van der Waals surface area (Å²) in [5.74, 6) is 0.469. The third kappa shape index (κ3) is 2.48. The monoisotopic (exact) mass is 233 g/mol. The third-order valence-electron chi connectivity index (χ3n) is 2.69. The highest BCUT2D eigenvalue weighted by atomic mass is 15.3. The molecule has 0 bridgehead atoms. The molecule has 3 nitrogen and oxygen atoms in total. The largest absolute Gasteiger partial charge is 0.234 e. The first kappa shape index (κ1) is 13.7. The highest BCUT2D eigenvalue weighted by Crippen LogP contribution is 2.23. The number of aromatic nitrogens is 3. The van der Waals surface area contributed by atoms with Crippen molar-refractivity contribution < 1.29 is 0 Å². The molecule has 94 valence electrons. The Labute approximate surface area is 104 Å². The standard InChI is InChI=1S/C12H17N3.C2H6/c1-7(2)11-10(5)14-15-9(4)6-8(3)13-12(11)15;1-2/h6-7H,1-5H3;1-2H3. The first-order valence-electron chi connectivity index (χ1n) is 6.34. The molecule has 0 saturated heterocycles. The van der Waals surface area contributed by atoms with Crippen molar-refractivity contribution in [2.45, 2.75) is 54.4 Å². The van der Waals surface area contributed by atoms with Gasteiger partial charge in [-0.2, -0.15) is 5.10 Å². The molecule has 17 heavy (non-hydrogen) atoms. The van der Waals surface area contributed by atoms with Crippen molar-refractivity contribution in [1.82, 2.24) is 14.6 Å². The molecule has 0 N–H and O–H groups in total. The second-order valence-electron chi connectivity index (χ2n) is 4.43. The lowest BCUT2D eigenvalue weighted by Crippen LogP contribution is -1.98. The fraction of sp³-hybridized carbons (Fsp3) is 0.571. The highest BCUT2D eigenvalue weighted by molar-refractivity contribution is 5.52. The molecule has 0 atom stereocenters. The summed E-state index contributed by atoms with van der Waals surface area (Å²) < 4.78 is 1.94. The van der Waals surface area contributed by atoms with Crippen LogP contribution in [0.5, 0.6) is 0 Å². The molecule has 0 aliphatic heterocycles. The maximum atomic E-state index is 4.58. The Balaban J connectivity index is 0.000000686.